The molecule has 6 nitrogen and oxygen atoms in total. The fourth-order valence-electron chi connectivity index (χ4n) is 5.19. The Morgan fingerprint density at radius 3 is 2.38 bits per heavy atom. The van der Waals surface area contributed by atoms with Gasteiger partial charge in [-0.05, 0) is 101 Å². The van der Waals surface area contributed by atoms with Crippen molar-refractivity contribution in [3.05, 3.63) is 65.2 Å². The normalized spacial score (nSPS) is 15.1. The van der Waals surface area contributed by atoms with Crippen LogP contribution in [0.25, 0.3) is 0 Å². The number of benzene rings is 2. The highest BCUT2D eigenvalue weighted by Crippen LogP contribution is 2.34. The van der Waals surface area contributed by atoms with Gasteiger partial charge in [-0.1, -0.05) is 49.4 Å². The van der Waals surface area contributed by atoms with Crippen LogP contribution in [0.1, 0.15) is 69.6 Å². The molecule has 0 bridgehead atoms. The molecule has 3 rings (SSSR count). The lowest BCUT2D eigenvalue weighted by molar-refractivity contribution is 0.0521. The molecule has 0 aliphatic carbocycles. The predicted octanol–water partition coefficient (Wildman–Crippen LogP) is 5.85. The molecule has 1 amide bonds. The SMILES string of the molecule is CCc1ccccc1CN(CCCN1CCC(c2ccccc2OC)CC1)CCNC(=O)OC(C)(C)C. The van der Waals surface area contributed by atoms with E-state index in [0.717, 1.165) is 57.9 Å². The Morgan fingerprint density at radius 2 is 1.70 bits per heavy atom. The summed E-state index contributed by atoms with van der Waals surface area (Å²) in [4.78, 5) is 17.2. The number of ether oxygens (including phenoxy) is 2. The van der Waals surface area contributed by atoms with Crippen molar-refractivity contribution in [3.8, 4) is 5.75 Å². The molecule has 204 valence electrons. The second-order valence-electron chi connectivity index (χ2n) is 11.0. The first-order valence-corrected chi connectivity index (χ1v) is 13.9. The largest absolute Gasteiger partial charge is 0.496 e. The van der Waals surface area contributed by atoms with Crippen molar-refractivity contribution in [1.29, 1.82) is 0 Å². The molecule has 6 heteroatoms. The number of carbonyl (C=O) groups is 1. The number of nitrogens with one attached hydrogen (secondary N) is 1. The number of alkyl carbamates (subject to hydrolysis) is 1. The van der Waals surface area contributed by atoms with Crippen LogP contribution < -0.4 is 10.1 Å². The van der Waals surface area contributed by atoms with Gasteiger partial charge in [-0.15, -0.1) is 0 Å². The summed E-state index contributed by atoms with van der Waals surface area (Å²) in [5.74, 6) is 1.59. The molecule has 2 aromatic rings. The number of nitrogens with zero attached hydrogens (tertiary/aromatic N) is 2. The Hall–Kier alpha value is -2.57. The molecule has 1 heterocycles. The van der Waals surface area contributed by atoms with Gasteiger partial charge in [0.15, 0.2) is 0 Å². The molecule has 1 aliphatic heterocycles. The van der Waals surface area contributed by atoms with Gasteiger partial charge < -0.3 is 19.7 Å². The Bertz CT molecular complexity index is 964. The van der Waals surface area contributed by atoms with Crippen molar-refractivity contribution in [1.82, 2.24) is 15.1 Å². The Morgan fingerprint density at radius 1 is 1.03 bits per heavy atom. The van der Waals surface area contributed by atoms with E-state index in [2.05, 4.69) is 64.5 Å². The quantitative estimate of drug-likeness (QED) is 0.389. The maximum atomic E-state index is 12.1. The average molecular weight is 510 g/mol. The highest BCUT2D eigenvalue weighted by Gasteiger charge is 2.23. The molecule has 2 aromatic carbocycles. The number of rotatable bonds is 12. The van der Waals surface area contributed by atoms with Crippen LogP contribution in [0, 0.1) is 0 Å². The highest BCUT2D eigenvalue weighted by atomic mass is 16.6. The van der Waals surface area contributed by atoms with Crippen molar-refractivity contribution in [2.24, 2.45) is 0 Å². The molecule has 0 saturated carbocycles. The van der Waals surface area contributed by atoms with Crippen LogP contribution in [0.3, 0.4) is 0 Å². The van der Waals surface area contributed by atoms with E-state index in [1.165, 1.54) is 29.5 Å². The lowest BCUT2D eigenvalue weighted by Gasteiger charge is -2.33. The molecule has 1 N–H and O–H groups in total. The maximum Gasteiger partial charge on any atom is 0.407 e. The number of aryl methyl sites for hydroxylation is 1. The number of hydrogen-bond acceptors (Lipinski definition) is 5. The van der Waals surface area contributed by atoms with Gasteiger partial charge in [0.2, 0.25) is 0 Å². The molecular formula is C31H47N3O3. The third-order valence-corrected chi connectivity index (χ3v) is 7.10. The Kier molecular flexibility index (Phi) is 11.3. The van der Waals surface area contributed by atoms with Crippen LogP contribution >= 0.6 is 0 Å². The average Bonchev–Trinajstić information content (AvgIpc) is 2.88. The van der Waals surface area contributed by atoms with Crippen molar-refractivity contribution in [2.75, 3.05) is 46.4 Å². The van der Waals surface area contributed by atoms with Crippen LogP contribution in [0.5, 0.6) is 5.75 Å². The number of likely N-dealkylation sites (tertiary alicyclic amines) is 1. The number of amides is 1. The second kappa shape index (κ2) is 14.4. The van der Waals surface area contributed by atoms with E-state index in [1.54, 1.807) is 7.11 Å². The van der Waals surface area contributed by atoms with E-state index in [4.69, 9.17) is 9.47 Å². The minimum Gasteiger partial charge on any atom is -0.496 e. The number of carbonyl (C=O) groups excluding carboxylic acids is 1. The smallest absolute Gasteiger partial charge is 0.407 e. The zero-order valence-electron chi connectivity index (χ0n) is 23.6. The fraction of sp³-hybridized carbons (Fsp3) is 0.581. The number of hydrogen-bond donors (Lipinski definition) is 1. The van der Waals surface area contributed by atoms with E-state index in [-0.39, 0.29) is 6.09 Å². The summed E-state index contributed by atoms with van der Waals surface area (Å²) in [6, 6.07) is 17.1. The summed E-state index contributed by atoms with van der Waals surface area (Å²) < 4.78 is 11.0. The van der Waals surface area contributed by atoms with Gasteiger partial charge in [-0.25, -0.2) is 4.79 Å². The second-order valence-corrected chi connectivity index (χ2v) is 11.0. The molecule has 0 aromatic heterocycles. The molecule has 0 radical (unpaired) electrons. The monoisotopic (exact) mass is 509 g/mol. The summed E-state index contributed by atoms with van der Waals surface area (Å²) in [5.41, 5.74) is 3.64. The minimum atomic E-state index is -0.483. The van der Waals surface area contributed by atoms with Crippen LogP contribution in [-0.4, -0.2) is 67.9 Å². The van der Waals surface area contributed by atoms with Gasteiger partial charge in [-0.3, -0.25) is 4.90 Å². The Balaban J connectivity index is 1.49. The standard InChI is InChI=1S/C31H47N3O3/c1-6-25-12-7-8-13-27(25)24-34(23-18-32-30(35)37-31(2,3)4)20-11-19-33-21-16-26(17-22-33)28-14-9-10-15-29(28)36-5/h7-10,12-15,26H,6,11,16-24H2,1-5H3,(H,32,35). The number of para-hydroxylation sites is 1. The van der Waals surface area contributed by atoms with Crippen LogP contribution in [0.2, 0.25) is 0 Å². The molecule has 1 fully saturated rings. The summed E-state index contributed by atoms with van der Waals surface area (Å²) in [7, 11) is 1.77. The molecule has 0 atom stereocenters. The van der Waals surface area contributed by atoms with Gasteiger partial charge in [-0.2, -0.15) is 0 Å². The Labute approximate surface area is 224 Å². The lowest BCUT2D eigenvalue weighted by Crippen LogP contribution is -2.39. The first-order valence-electron chi connectivity index (χ1n) is 13.9. The fourth-order valence-corrected chi connectivity index (χ4v) is 5.19. The van der Waals surface area contributed by atoms with Gasteiger partial charge in [0.1, 0.15) is 11.4 Å². The number of piperidine rings is 1. The summed E-state index contributed by atoms with van der Waals surface area (Å²) in [5, 5.41) is 2.93. The van der Waals surface area contributed by atoms with Gasteiger partial charge in [0.05, 0.1) is 7.11 Å². The van der Waals surface area contributed by atoms with Crippen LogP contribution in [0.15, 0.2) is 48.5 Å². The van der Waals surface area contributed by atoms with Crippen LogP contribution in [-0.2, 0) is 17.7 Å². The topological polar surface area (TPSA) is 54.0 Å². The van der Waals surface area contributed by atoms with Crippen LogP contribution in [0.4, 0.5) is 4.79 Å². The first kappa shape index (κ1) is 29.0. The van der Waals surface area contributed by atoms with E-state index >= 15 is 0 Å². The van der Waals surface area contributed by atoms with E-state index < -0.39 is 5.60 Å². The van der Waals surface area contributed by atoms with Gasteiger partial charge in [0, 0.05) is 19.6 Å². The highest BCUT2D eigenvalue weighted by molar-refractivity contribution is 5.67. The number of methoxy groups -OCH3 is 1. The molecule has 1 saturated heterocycles. The molecule has 0 spiro atoms. The minimum absolute atomic E-state index is 0.348. The third kappa shape index (κ3) is 9.67. The van der Waals surface area contributed by atoms with E-state index in [1.807, 2.05) is 26.8 Å². The maximum absolute atomic E-state index is 12.1. The first-order chi connectivity index (χ1) is 17.8. The molecule has 37 heavy (non-hydrogen) atoms. The molecular weight excluding hydrogens is 462 g/mol. The zero-order chi connectivity index (χ0) is 26.7. The van der Waals surface area contributed by atoms with E-state index in [9.17, 15) is 4.79 Å². The van der Waals surface area contributed by atoms with Crippen molar-refractivity contribution in [2.45, 2.75) is 71.4 Å². The van der Waals surface area contributed by atoms with Crippen molar-refractivity contribution >= 4 is 6.09 Å². The molecule has 1 aliphatic rings. The van der Waals surface area contributed by atoms with Crippen molar-refractivity contribution in [3.63, 3.8) is 0 Å². The predicted molar refractivity (Wildman–Crippen MR) is 151 cm³/mol. The van der Waals surface area contributed by atoms with Crippen molar-refractivity contribution < 1.29 is 14.3 Å². The van der Waals surface area contributed by atoms with E-state index in [0.29, 0.717) is 12.5 Å². The third-order valence-electron chi connectivity index (χ3n) is 7.10. The molecule has 0 unspecified atom stereocenters. The zero-order valence-corrected chi connectivity index (χ0v) is 23.6. The summed E-state index contributed by atoms with van der Waals surface area (Å²) >= 11 is 0. The van der Waals surface area contributed by atoms with Gasteiger partial charge in [0.25, 0.3) is 0 Å². The lowest BCUT2D eigenvalue weighted by atomic mass is 9.89. The summed E-state index contributed by atoms with van der Waals surface area (Å²) in [6.45, 7) is 14.5. The van der Waals surface area contributed by atoms with Gasteiger partial charge >= 0.3 is 6.09 Å². The summed E-state index contributed by atoms with van der Waals surface area (Å²) in [6.07, 6.45) is 4.14.